The number of rotatable bonds is 4. The molecule has 0 bridgehead atoms. The lowest BCUT2D eigenvalue weighted by molar-refractivity contribution is 0.0938. The van der Waals surface area contributed by atoms with Crippen molar-refractivity contribution in [1.82, 2.24) is 14.9 Å². The molecule has 3 aromatic rings. The SMILES string of the molecule is CCCN1CCN(c2ncnc3sc(C4COc5ccccc5O4)cc23)CC1. The maximum Gasteiger partial charge on any atom is 0.167 e. The van der Waals surface area contributed by atoms with E-state index >= 15 is 0 Å². The molecule has 4 heterocycles. The number of hydrogen-bond donors (Lipinski definition) is 0. The van der Waals surface area contributed by atoms with Crippen molar-refractivity contribution in [2.24, 2.45) is 0 Å². The summed E-state index contributed by atoms with van der Waals surface area (Å²) in [6.07, 6.45) is 2.78. The molecule has 146 valence electrons. The van der Waals surface area contributed by atoms with Gasteiger partial charge in [0.2, 0.25) is 0 Å². The third kappa shape index (κ3) is 3.29. The highest BCUT2D eigenvalue weighted by molar-refractivity contribution is 7.18. The molecule has 0 N–H and O–H groups in total. The van der Waals surface area contributed by atoms with Gasteiger partial charge in [-0.3, -0.25) is 4.90 Å². The summed E-state index contributed by atoms with van der Waals surface area (Å²) >= 11 is 1.67. The van der Waals surface area contributed by atoms with Gasteiger partial charge in [-0.05, 0) is 31.2 Å². The predicted molar refractivity (Wildman–Crippen MR) is 112 cm³/mol. The molecule has 7 heteroatoms. The number of para-hydroxylation sites is 2. The number of benzene rings is 1. The van der Waals surface area contributed by atoms with Crippen molar-refractivity contribution in [3.8, 4) is 11.5 Å². The fraction of sp³-hybridized carbons (Fsp3) is 0.429. The van der Waals surface area contributed by atoms with Crippen LogP contribution in [0.15, 0.2) is 36.7 Å². The van der Waals surface area contributed by atoms with Crippen LogP contribution in [0, 0.1) is 0 Å². The molecule has 1 fully saturated rings. The van der Waals surface area contributed by atoms with Crippen LogP contribution in [-0.2, 0) is 0 Å². The lowest BCUT2D eigenvalue weighted by atomic mass is 10.2. The Labute approximate surface area is 168 Å². The van der Waals surface area contributed by atoms with Crippen LogP contribution in [0.1, 0.15) is 24.3 Å². The van der Waals surface area contributed by atoms with E-state index in [9.17, 15) is 0 Å². The zero-order chi connectivity index (χ0) is 18.9. The second-order valence-corrected chi connectivity index (χ2v) is 8.32. The average molecular weight is 397 g/mol. The Kier molecular flexibility index (Phi) is 4.78. The third-order valence-electron chi connectivity index (χ3n) is 5.37. The molecule has 2 aliphatic rings. The number of ether oxygens (including phenoxy) is 2. The Bertz CT molecular complexity index is 968. The van der Waals surface area contributed by atoms with E-state index in [4.69, 9.17) is 9.47 Å². The summed E-state index contributed by atoms with van der Waals surface area (Å²) < 4.78 is 12.1. The molecule has 1 aromatic carbocycles. The van der Waals surface area contributed by atoms with Gasteiger partial charge in [0.25, 0.3) is 0 Å². The van der Waals surface area contributed by atoms with Crippen LogP contribution in [0.4, 0.5) is 5.82 Å². The first kappa shape index (κ1) is 17.7. The minimum absolute atomic E-state index is 0.108. The Morgan fingerprint density at radius 2 is 1.93 bits per heavy atom. The highest BCUT2D eigenvalue weighted by atomic mass is 32.1. The Morgan fingerprint density at radius 1 is 1.11 bits per heavy atom. The molecule has 6 nitrogen and oxygen atoms in total. The Morgan fingerprint density at radius 3 is 2.75 bits per heavy atom. The van der Waals surface area contributed by atoms with Gasteiger partial charge in [0.1, 0.15) is 23.6 Å². The fourth-order valence-electron chi connectivity index (χ4n) is 3.93. The van der Waals surface area contributed by atoms with E-state index in [1.165, 1.54) is 13.0 Å². The molecular weight excluding hydrogens is 372 g/mol. The largest absolute Gasteiger partial charge is 0.485 e. The number of aromatic nitrogens is 2. The molecule has 1 atom stereocenters. The van der Waals surface area contributed by atoms with Gasteiger partial charge in [-0.15, -0.1) is 11.3 Å². The van der Waals surface area contributed by atoms with Gasteiger partial charge in [0, 0.05) is 26.2 Å². The fourth-order valence-corrected chi connectivity index (χ4v) is 4.94. The van der Waals surface area contributed by atoms with Crippen molar-refractivity contribution in [3.63, 3.8) is 0 Å². The molecule has 28 heavy (non-hydrogen) atoms. The Balaban J connectivity index is 1.39. The summed E-state index contributed by atoms with van der Waals surface area (Å²) in [4.78, 5) is 16.2. The molecule has 0 amide bonds. The minimum Gasteiger partial charge on any atom is -0.485 e. The smallest absolute Gasteiger partial charge is 0.167 e. The highest BCUT2D eigenvalue weighted by Crippen LogP contribution is 2.40. The van der Waals surface area contributed by atoms with Gasteiger partial charge in [0.15, 0.2) is 17.6 Å². The number of hydrogen-bond acceptors (Lipinski definition) is 7. The summed E-state index contributed by atoms with van der Waals surface area (Å²) in [6, 6.07) is 10.0. The quantitative estimate of drug-likeness (QED) is 0.670. The molecular formula is C21H24N4O2S. The van der Waals surface area contributed by atoms with Gasteiger partial charge in [-0.25, -0.2) is 9.97 Å². The van der Waals surface area contributed by atoms with E-state index in [0.717, 1.165) is 58.6 Å². The van der Waals surface area contributed by atoms with Crippen LogP contribution in [0.25, 0.3) is 10.2 Å². The first-order chi connectivity index (χ1) is 13.8. The van der Waals surface area contributed by atoms with Crippen LogP contribution >= 0.6 is 11.3 Å². The average Bonchev–Trinajstić information content (AvgIpc) is 3.19. The van der Waals surface area contributed by atoms with Crippen LogP contribution in [0.2, 0.25) is 0 Å². The van der Waals surface area contributed by atoms with Crippen molar-refractivity contribution in [2.45, 2.75) is 19.4 Å². The van der Waals surface area contributed by atoms with Crippen LogP contribution in [0.3, 0.4) is 0 Å². The molecule has 0 radical (unpaired) electrons. The lowest BCUT2D eigenvalue weighted by Gasteiger charge is -2.35. The maximum atomic E-state index is 6.19. The number of nitrogens with zero attached hydrogens (tertiary/aromatic N) is 4. The van der Waals surface area contributed by atoms with Crippen molar-refractivity contribution in [3.05, 3.63) is 41.5 Å². The van der Waals surface area contributed by atoms with Gasteiger partial charge >= 0.3 is 0 Å². The zero-order valence-corrected chi connectivity index (χ0v) is 16.8. The highest BCUT2D eigenvalue weighted by Gasteiger charge is 2.26. The van der Waals surface area contributed by atoms with Gasteiger partial charge in [-0.2, -0.15) is 0 Å². The number of anilines is 1. The molecule has 2 aromatic heterocycles. The topological polar surface area (TPSA) is 50.7 Å². The summed E-state index contributed by atoms with van der Waals surface area (Å²) in [6.45, 7) is 8.13. The van der Waals surface area contributed by atoms with Gasteiger partial charge in [0.05, 0.1) is 10.3 Å². The predicted octanol–water partition coefficient (Wildman–Crippen LogP) is 3.74. The second kappa shape index (κ2) is 7.56. The van der Waals surface area contributed by atoms with Crippen LogP contribution in [-0.4, -0.2) is 54.2 Å². The van der Waals surface area contributed by atoms with E-state index in [0.29, 0.717) is 6.61 Å². The van der Waals surface area contributed by atoms with E-state index in [-0.39, 0.29) is 6.10 Å². The number of fused-ring (bicyclic) bond motifs is 2. The number of piperazine rings is 1. The molecule has 0 spiro atoms. The summed E-state index contributed by atoms with van der Waals surface area (Å²) in [5.41, 5.74) is 0. The first-order valence-corrected chi connectivity index (χ1v) is 10.7. The summed E-state index contributed by atoms with van der Waals surface area (Å²) in [5, 5.41) is 1.12. The Hall–Kier alpha value is -2.38. The molecule has 1 saturated heterocycles. The first-order valence-electron chi connectivity index (χ1n) is 9.92. The summed E-state index contributed by atoms with van der Waals surface area (Å²) in [7, 11) is 0. The van der Waals surface area contributed by atoms with E-state index in [2.05, 4.69) is 32.8 Å². The second-order valence-electron chi connectivity index (χ2n) is 7.26. The van der Waals surface area contributed by atoms with Crippen molar-refractivity contribution in [2.75, 3.05) is 44.2 Å². The van der Waals surface area contributed by atoms with Crippen molar-refractivity contribution >= 4 is 27.4 Å². The molecule has 1 unspecified atom stereocenters. The molecule has 0 saturated carbocycles. The van der Waals surface area contributed by atoms with E-state index < -0.39 is 0 Å². The van der Waals surface area contributed by atoms with Crippen molar-refractivity contribution in [1.29, 1.82) is 0 Å². The zero-order valence-electron chi connectivity index (χ0n) is 16.0. The monoisotopic (exact) mass is 396 g/mol. The van der Waals surface area contributed by atoms with Gasteiger partial charge in [-0.1, -0.05) is 19.1 Å². The van der Waals surface area contributed by atoms with Gasteiger partial charge < -0.3 is 14.4 Å². The molecule has 0 aliphatic carbocycles. The summed E-state index contributed by atoms with van der Waals surface area (Å²) in [5.74, 6) is 2.65. The minimum atomic E-state index is -0.108. The normalized spacial score (nSPS) is 19.9. The lowest BCUT2D eigenvalue weighted by Crippen LogP contribution is -2.46. The third-order valence-corrected chi connectivity index (χ3v) is 6.50. The number of thiophene rings is 1. The molecule has 5 rings (SSSR count). The standard InChI is InChI=1S/C21H24N4O2S/c1-2-7-24-8-10-25(11-9-24)20-15-12-19(28-21(15)23-14-22-20)18-13-26-16-5-3-4-6-17(16)27-18/h3-6,12,14,18H,2,7-11,13H2,1H3. The van der Waals surface area contributed by atoms with E-state index in [1.54, 1.807) is 17.7 Å². The van der Waals surface area contributed by atoms with E-state index in [1.807, 2.05) is 24.3 Å². The van der Waals surface area contributed by atoms with Crippen LogP contribution < -0.4 is 14.4 Å². The molecule has 2 aliphatic heterocycles. The van der Waals surface area contributed by atoms with Crippen molar-refractivity contribution < 1.29 is 9.47 Å². The maximum absolute atomic E-state index is 6.19. The van der Waals surface area contributed by atoms with Crippen LogP contribution in [0.5, 0.6) is 11.5 Å².